The van der Waals surface area contributed by atoms with Gasteiger partial charge < -0.3 is 10.1 Å². The van der Waals surface area contributed by atoms with Crippen LogP contribution in [0, 0.1) is 6.92 Å². The van der Waals surface area contributed by atoms with Crippen LogP contribution in [0.15, 0.2) is 34.9 Å². The molecule has 21 heavy (non-hydrogen) atoms. The van der Waals surface area contributed by atoms with Crippen LogP contribution in [0.5, 0.6) is 5.75 Å². The molecule has 0 aliphatic carbocycles. The van der Waals surface area contributed by atoms with E-state index in [-0.39, 0.29) is 5.75 Å². The number of anilines is 1. The van der Waals surface area contributed by atoms with Gasteiger partial charge in [0.25, 0.3) is 0 Å². The van der Waals surface area contributed by atoms with E-state index >= 15 is 0 Å². The summed E-state index contributed by atoms with van der Waals surface area (Å²) in [5.41, 5.74) is 2.21. The molecule has 0 aliphatic heterocycles. The first kappa shape index (κ1) is 16.0. The number of rotatable bonds is 5. The highest BCUT2D eigenvalue weighted by atomic mass is 79.9. The molecule has 0 fully saturated rings. The largest absolute Gasteiger partial charge is 0.431 e. The van der Waals surface area contributed by atoms with Crippen LogP contribution in [0.25, 0.3) is 0 Å². The molecular weight excluding hydrogens is 366 g/mol. The Kier molecular flexibility index (Phi) is 5.36. The third-order valence-corrected chi connectivity index (χ3v) is 3.48. The van der Waals surface area contributed by atoms with Gasteiger partial charge in [-0.2, -0.15) is 8.78 Å². The molecule has 0 spiro atoms. The summed E-state index contributed by atoms with van der Waals surface area (Å²) in [5.74, 6) is 0.0227. The van der Waals surface area contributed by atoms with E-state index in [2.05, 4.69) is 31.0 Å². The number of hydrogen-bond donors (Lipinski definition) is 1. The topological polar surface area (TPSA) is 34.1 Å². The van der Waals surface area contributed by atoms with Gasteiger partial charge in [-0.25, -0.2) is 0 Å². The third-order valence-electron chi connectivity index (χ3n) is 2.67. The van der Waals surface area contributed by atoms with Gasteiger partial charge in [-0.05, 0) is 46.6 Å². The van der Waals surface area contributed by atoms with E-state index in [1.54, 1.807) is 6.20 Å². The van der Waals surface area contributed by atoms with Gasteiger partial charge in [-0.1, -0.05) is 17.7 Å². The Morgan fingerprint density at radius 2 is 2.14 bits per heavy atom. The van der Waals surface area contributed by atoms with E-state index in [9.17, 15) is 8.78 Å². The predicted molar refractivity (Wildman–Crippen MR) is 82.1 cm³/mol. The number of nitrogens with one attached hydrogen (secondary N) is 1. The van der Waals surface area contributed by atoms with Crippen LogP contribution < -0.4 is 10.1 Å². The SMILES string of the molecule is Cc1ccc(CNc2cc(Cl)cc(Br)c2OC(F)F)cn1. The number of hydrogen-bond acceptors (Lipinski definition) is 3. The Labute approximate surface area is 134 Å². The maximum absolute atomic E-state index is 12.5. The quantitative estimate of drug-likeness (QED) is 0.794. The lowest BCUT2D eigenvalue weighted by Crippen LogP contribution is -2.07. The molecule has 2 rings (SSSR count). The molecule has 1 heterocycles. The van der Waals surface area contributed by atoms with Gasteiger partial charge in [0.05, 0.1) is 10.2 Å². The molecule has 1 N–H and O–H groups in total. The summed E-state index contributed by atoms with van der Waals surface area (Å²) in [5, 5.41) is 3.43. The number of ether oxygens (including phenoxy) is 1. The zero-order valence-electron chi connectivity index (χ0n) is 11.0. The number of pyridine rings is 1. The van der Waals surface area contributed by atoms with E-state index in [4.69, 9.17) is 11.6 Å². The highest BCUT2D eigenvalue weighted by Gasteiger charge is 2.14. The Balaban J connectivity index is 2.19. The number of benzene rings is 1. The molecule has 0 unspecified atom stereocenters. The summed E-state index contributed by atoms with van der Waals surface area (Å²) in [4.78, 5) is 4.17. The minimum absolute atomic E-state index is 0.0227. The zero-order valence-corrected chi connectivity index (χ0v) is 13.4. The van der Waals surface area contributed by atoms with Gasteiger partial charge in [0.2, 0.25) is 0 Å². The van der Waals surface area contributed by atoms with Crippen molar-refractivity contribution in [3.05, 3.63) is 51.2 Å². The molecule has 0 saturated heterocycles. The lowest BCUT2D eigenvalue weighted by atomic mass is 10.2. The van der Waals surface area contributed by atoms with Crippen LogP contribution >= 0.6 is 27.5 Å². The fourth-order valence-corrected chi connectivity index (χ4v) is 2.60. The van der Waals surface area contributed by atoms with Crippen molar-refractivity contribution in [2.45, 2.75) is 20.1 Å². The Bertz CT molecular complexity index is 623. The summed E-state index contributed by atoms with van der Waals surface area (Å²) in [7, 11) is 0. The molecule has 0 radical (unpaired) electrons. The minimum atomic E-state index is -2.91. The Hall–Kier alpha value is -1.40. The molecule has 0 atom stereocenters. The zero-order chi connectivity index (χ0) is 15.4. The lowest BCUT2D eigenvalue weighted by molar-refractivity contribution is -0.0498. The Morgan fingerprint density at radius 1 is 1.38 bits per heavy atom. The summed E-state index contributed by atoms with van der Waals surface area (Å²) < 4.78 is 29.8. The van der Waals surface area contributed by atoms with Crippen molar-refractivity contribution < 1.29 is 13.5 Å². The van der Waals surface area contributed by atoms with Crippen LogP contribution in [-0.4, -0.2) is 11.6 Å². The van der Waals surface area contributed by atoms with E-state index in [1.807, 2.05) is 19.1 Å². The summed E-state index contributed by atoms with van der Waals surface area (Å²) in [6.07, 6.45) is 1.72. The molecule has 1 aromatic heterocycles. The molecule has 0 bridgehead atoms. The molecule has 1 aromatic carbocycles. The first-order chi connectivity index (χ1) is 9.95. The van der Waals surface area contributed by atoms with Crippen molar-refractivity contribution in [2.75, 3.05) is 5.32 Å². The van der Waals surface area contributed by atoms with Gasteiger partial charge in [0, 0.05) is 23.5 Å². The first-order valence-electron chi connectivity index (χ1n) is 6.05. The van der Waals surface area contributed by atoms with Gasteiger partial charge in [-0.3, -0.25) is 4.98 Å². The van der Waals surface area contributed by atoms with Crippen LogP contribution in [-0.2, 0) is 6.54 Å². The van der Waals surface area contributed by atoms with E-state index in [1.165, 1.54) is 12.1 Å². The molecule has 7 heteroatoms. The standard InChI is InChI=1S/C14H12BrClF2N2O/c1-8-2-3-9(6-19-8)7-20-12-5-10(16)4-11(15)13(12)21-14(17)18/h2-6,14,20H,7H2,1H3. The molecule has 0 saturated carbocycles. The predicted octanol–water partition coefficient (Wildman–Crippen LogP) is 5.02. The summed E-state index contributed by atoms with van der Waals surface area (Å²) in [6.45, 7) is -0.608. The van der Waals surface area contributed by atoms with Crippen molar-refractivity contribution >= 4 is 33.2 Å². The van der Waals surface area contributed by atoms with Crippen LogP contribution in [0.4, 0.5) is 14.5 Å². The second-order valence-corrected chi connectivity index (χ2v) is 5.59. The number of alkyl halides is 2. The second kappa shape index (κ2) is 7.04. The first-order valence-corrected chi connectivity index (χ1v) is 7.22. The van der Waals surface area contributed by atoms with Crippen molar-refractivity contribution in [3.8, 4) is 5.75 Å². The number of nitrogens with zero attached hydrogens (tertiary/aromatic N) is 1. The summed E-state index contributed by atoms with van der Waals surface area (Å²) in [6, 6.07) is 6.81. The van der Waals surface area contributed by atoms with Crippen molar-refractivity contribution in [3.63, 3.8) is 0 Å². The number of halogens is 4. The average molecular weight is 378 g/mol. The summed E-state index contributed by atoms with van der Waals surface area (Å²) >= 11 is 9.10. The van der Waals surface area contributed by atoms with Gasteiger partial charge in [-0.15, -0.1) is 0 Å². The van der Waals surface area contributed by atoms with Crippen molar-refractivity contribution in [1.29, 1.82) is 0 Å². The number of aromatic nitrogens is 1. The minimum Gasteiger partial charge on any atom is -0.431 e. The smallest absolute Gasteiger partial charge is 0.387 e. The normalized spacial score (nSPS) is 10.8. The van der Waals surface area contributed by atoms with Crippen LogP contribution in [0.1, 0.15) is 11.3 Å². The van der Waals surface area contributed by atoms with Gasteiger partial charge in [0.1, 0.15) is 0 Å². The molecular formula is C14H12BrClF2N2O. The maximum atomic E-state index is 12.5. The highest BCUT2D eigenvalue weighted by molar-refractivity contribution is 9.10. The average Bonchev–Trinajstić information content (AvgIpc) is 2.41. The van der Waals surface area contributed by atoms with Gasteiger partial charge in [0.15, 0.2) is 5.75 Å². The molecule has 112 valence electrons. The van der Waals surface area contributed by atoms with E-state index in [0.717, 1.165) is 11.3 Å². The fourth-order valence-electron chi connectivity index (χ4n) is 1.70. The molecule has 3 nitrogen and oxygen atoms in total. The van der Waals surface area contributed by atoms with Crippen molar-refractivity contribution in [2.24, 2.45) is 0 Å². The maximum Gasteiger partial charge on any atom is 0.387 e. The lowest BCUT2D eigenvalue weighted by Gasteiger charge is -2.15. The highest BCUT2D eigenvalue weighted by Crippen LogP contribution is 2.37. The second-order valence-electron chi connectivity index (χ2n) is 4.30. The molecule has 2 aromatic rings. The van der Waals surface area contributed by atoms with Crippen LogP contribution in [0.2, 0.25) is 5.02 Å². The fraction of sp³-hybridized carbons (Fsp3) is 0.214. The van der Waals surface area contributed by atoms with E-state index < -0.39 is 6.61 Å². The van der Waals surface area contributed by atoms with Gasteiger partial charge >= 0.3 is 6.61 Å². The molecule has 0 amide bonds. The monoisotopic (exact) mass is 376 g/mol. The third kappa shape index (κ3) is 4.54. The number of aryl methyl sites for hydroxylation is 1. The van der Waals surface area contributed by atoms with E-state index in [0.29, 0.717) is 21.7 Å². The van der Waals surface area contributed by atoms with Crippen molar-refractivity contribution in [1.82, 2.24) is 4.98 Å². The van der Waals surface area contributed by atoms with Crippen LogP contribution in [0.3, 0.4) is 0 Å². The molecule has 0 aliphatic rings. The Morgan fingerprint density at radius 3 is 2.76 bits per heavy atom.